The molecule has 0 aliphatic rings. The zero-order chi connectivity index (χ0) is 19.5. The Hall–Kier alpha value is -2.53. The molecule has 0 saturated carbocycles. The molecule has 2 aromatic rings. The zero-order valence-corrected chi connectivity index (χ0v) is 16.8. The summed E-state index contributed by atoms with van der Waals surface area (Å²) < 4.78 is 11.2. The fourth-order valence-electron chi connectivity index (χ4n) is 2.66. The maximum absolute atomic E-state index is 5.74. The predicted molar refractivity (Wildman–Crippen MR) is 111 cm³/mol. The Labute approximate surface area is 162 Å². The van der Waals surface area contributed by atoms with E-state index in [9.17, 15) is 0 Å². The maximum Gasteiger partial charge on any atom is 0.191 e. The highest BCUT2D eigenvalue weighted by atomic mass is 16.5. The fraction of sp³-hybridized carbons (Fsp3) is 0.409. The summed E-state index contributed by atoms with van der Waals surface area (Å²) >= 11 is 0. The maximum atomic E-state index is 5.74. The Morgan fingerprint density at radius 2 is 1.63 bits per heavy atom. The topological polar surface area (TPSA) is 54.9 Å². The van der Waals surface area contributed by atoms with Crippen LogP contribution in [-0.2, 0) is 24.4 Å². The molecule has 0 spiro atoms. The van der Waals surface area contributed by atoms with E-state index in [2.05, 4.69) is 65.0 Å². The van der Waals surface area contributed by atoms with Gasteiger partial charge in [-0.3, -0.25) is 4.99 Å². The molecule has 146 valence electrons. The van der Waals surface area contributed by atoms with Crippen molar-refractivity contribution in [1.29, 1.82) is 0 Å². The largest absolute Gasteiger partial charge is 0.494 e. The van der Waals surface area contributed by atoms with Gasteiger partial charge in [-0.1, -0.05) is 36.4 Å². The molecule has 5 nitrogen and oxygen atoms in total. The smallest absolute Gasteiger partial charge is 0.191 e. The second-order valence-electron chi connectivity index (χ2n) is 6.28. The van der Waals surface area contributed by atoms with Crippen molar-refractivity contribution in [3.8, 4) is 5.75 Å². The lowest BCUT2D eigenvalue weighted by atomic mass is 10.1. The van der Waals surface area contributed by atoms with Crippen LogP contribution in [0.15, 0.2) is 47.5 Å². The van der Waals surface area contributed by atoms with E-state index in [-0.39, 0.29) is 0 Å². The van der Waals surface area contributed by atoms with Gasteiger partial charge in [0.15, 0.2) is 5.96 Å². The van der Waals surface area contributed by atoms with Crippen molar-refractivity contribution in [2.24, 2.45) is 4.99 Å². The van der Waals surface area contributed by atoms with E-state index in [1.54, 1.807) is 7.05 Å². The highest BCUT2D eigenvalue weighted by molar-refractivity contribution is 5.79. The molecular weight excluding hydrogens is 338 g/mol. The standard InChI is InChI=1S/C22H31N3O2/c1-5-26-16-19-10-8-18(9-11-19)14-24-22(23-4)25-15-20-12-7-17(3)13-21(20)27-6-2/h7-13H,5-6,14-16H2,1-4H3,(H2,23,24,25). The normalized spacial score (nSPS) is 11.3. The van der Waals surface area contributed by atoms with E-state index in [1.807, 2.05) is 13.8 Å². The van der Waals surface area contributed by atoms with E-state index < -0.39 is 0 Å². The molecule has 5 heteroatoms. The Kier molecular flexibility index (Phi) is 8.65. The number of ether oxygens (including phenoxy) is 2. The van der Waals surface area contributed by atoms with Gasteiger partial charge in [0.05, 0.1) is 13.2 Å². The number of nitrogens with one attached hydrogen (secondary N) is 2. The molecule has 27 heavy (non-hydrogen) atoms. The molecule has 2 N–H and O–H groups in total. The van der Waals surface area contributed by atoms with Crippen LogP contribution in [0, 0.1) is 6.92 Å². The highest BCUT2D eigenvalue weighted by Crippen LogP contribution is 2.20. The SMILES string of the molecule is CCOCc1ccc(CNC(=NC)NCc2ccc(C)cc2OCC)cc1. The van der Waals surface area contributed by atoms with Crippen LogP contribution in [0.25, 0.3) is 0 Å². The van der Waals surface area contributed by atoms with Crippen LogP contribution in [-0.4, -0.2) is 26.2 Å². The fourth-order valence-corrected chi connectivity index (χ4v) is 2.66. The Morgan fingerprint density at radius 1 is 0.926 bits per heavy atom. The van der Waals surface area contributed by atoms with Gasteiger partial charge in [0.25, 0.3) is 0 Å². The van der Waals surface area contributed by atoms with Crippen LogP contribution in [0.1, 0.15) is 36.1 Å². The van der Waals surface area contributed by atoms with E-state index in [4.69, 9.17) is 9.47 Å². The summed E-state index contributed by atoms with van der Waals surface area (Å²) in [6.45, 7) is 9.49. The minimum Gasteiger partial charge on any atom is -0.494 e. The number of rotatable bonds is 9. The number of aryl methyl sites for hydroxylation is 1. The first kappa shape index (κ1) is 20.8. The van der Waals surface area contributed by atoms with Gasteiger partial charge in [-0.05, 0) is 43.5 Å². The van der Waals surface area contributed by atoms with Crippen molar-refractivity contribution in [2.45, 2.75) is 40.5 Å². The monoisotopic (exact) mass is 369 g/mol. The minimum atomic E-state index is 0.655. The van der Waals surface area contributed by atoms with Gasteiger partial charge in [0, 0.05) is 32.3 Å². The molecule has 0 fully saturated rings. The lowest BCUT2D eigenvalue weighted by molar-refractivity contribution is 0.134. The summed E-state index contributed by atoms with van der Waals surface area (Å²) in [6.07, 6.45) is 0. The average molecular weight is 370 g/mol. The van der Waals surface area contributed by atoms with E-state index in [0.29, 0.717) is 26.3 Å². The van der Waals surface area contributed by atoms with Crippen LogP contribution < -0.4 is 15.4 Å². The summed E-state index contributed by atoms with van der Waals surface area (Å²) in [7, 11) is 1.78. The van der Waals surface area contributed by atoms with Crippen molar-refractivity contribution in [3.05, 3.63) is 64.7 Å². The minimum absolute atomic E-state index is 0.655. The second-order valence-corrected chi connectivity index (χ2v) is 6.28. The number of guanidine groups is 1. The van der Waals surface area contributed by atoms with Gasteiger partial charge in [0.1, 0.15) is 5.75 Å². The molecule has 0 saturated heterocycles. The zero-order valence-electron chi connectivity index (χ0n) is 16.8. The van der Waals surface area contributed by atoms with E-state index >= 15 is 0 Å². The number of hydrogen-bond acceptors (Lipinski definition) is 3. The Morgan fingerprint density at radius 3 is 2.30 bits per heavy atom. The highest BCUT2D eigenvalue weighted by Gasteiger charge is 2.05. The Bertz CT molecular complexity index is 727. The second kappa shape index (κ2) is 11.2. The number of aliphatic imine (C=N–C) groups is 1. The van der Waals surface area contributed by atoms with Gasteiger partial charge >= 0.3 is 0 Å². The first-order valence-electron chi connectivity index (χ1n) is 9.48. The molecule has 0 aromatic heterocycles. The predicted octanol–water partition coefficient (Wildman–Crippen LogP) is 3.80. The molecule has 0 bridgehead atoms. The van der Waals surface area contributed by atoms with Gasteiger partial charge in [-0.15, -0.1) is 0 Å². The van der Waals surface area contributed by atoms with Crippen LogP contribution in [0.4, 0.5) is 0 Å². The molecule has 2 aromatic carbocycles. The van der Waals surface area contributed by atoms with Crippen molar-refractivity contribution in [2.75, 3.05) is 20.3 Å². The molecule has 0 amide bonds. The summed E-state index contributed by atoms with van der Waals surface area (Å²) in [4.78, 5) is 4.30. The summed E-state index contributed by atoms with van der Waals surface area (Å²) in [5.41, 5.74) is 4.69. The van der Waals surface area contributed by atoms with Crippen LogP contribution in [0.5, 0.6) is 5.75 Å². The number of benzene rings is 2. The first-order chi connectivity index (χ1) is 13.2. The summed E-state index contributed by atoms with van der Waals surface area (Å²) in [6, 6.07) is 14.7. The molecule has 2 rings (SSSR count). The lowest BCUT2D eigenvalue weighted by Crippen LogP contribution is -2.36. The van der Waals surface area contributed by atoms with Gasteiger partial charge < -0.3 is 20.1 Å². The Balaban J connectivity index is 1.87. The van der Waals surface area contributed by atoms with Crippen LogP contribution in [0.3, 0.4) is 0 Å². The molecule has 0 atom stereocenters. The van der Waals surface area contributed by atoms with E-state index in [1.165, 1.54) is 16.7 Å². The van der Waals surface area contributed by atoms with E-state index in [0.717, 1.165) is 23.9 Å². The average Bonchev–Trinajstić information content (AvgIpc) is 2.69. The molecule has 0 aliphatic heterocycles. The molecular formula is C22H31N3O2. The molecule has 0 heterocycles. The van der Waals surface area contributed by atoms with Gasteiger partial charge in [-0.2, -0.15) is 0 Å². The quantitative estimate of drug-likeness (QED) is 0.521. The third kappa shape index (κ3) is 6.94. The van der Waals surface area contributed by atoms with Gasteiger partial charge in [0.2, 0.25) is 0 Å². The first-order valence-corrected chi connectivity index (χ1v) is 9.48. The molecule has 0 aliphatic carbocycles. The van der Waals surface area contributed by atoms with Crippen molar-refractivity contribution >= 4 is 5.96 Å². The number of nitrogens with zero attached hydrogens (tertiary/aromatic N) is 1. The van der Waals surface area contributed by atoms with Gasteiger partial charge in [-0.25, -0.2) is 0 Å². The third-order valence-corrected chi connectivity index (χ3v) is 4.15. The van der Waals surface area contributed by atoms with Crippen molar-refractivity contribution in [3.63, 3.8) is 0 Å². The van der Waals surface area contributed by atoms with Crippen molar-refractivity contribution < 1.29 is 9.47 Å². The van der Waals surface area contributed by atoms with Crippen LogP contribution >= 0.6 is 0 Å². The molecule has 0 unspecified atom stereocenters. The summed E-state index contributed by atoms with van der Waals surface area (Å²) in [5, 5.41) is 6.70. The third-order valence-electron chi connectivity index (χ3n) is 4.15. The molecule has 0 radical (unpaired) electrons. The van der Waals surface area contributed by atoms with Crippen molar-refractivity contribution in [1.82, 2.24) is 10.6 Å². The summed E-state index contributed by atoms with van der Waals surface area (Å²) in [5.74, 6) is 1.68. The number of hydrogen-bond donors (Lipinski definition) is 2. The lowest BCUT2D eigenvalue weighted by Gasteiger charge is -2.15. The van der Waals surface area contributed by atoms with Crippen LogP contribution in [0.2, 0.25) is 0 Å².